The molecular formula is C10H14N4. The second kappa shape index (κ2) is 3.29. The number of fused-ring (bicyclic) bond motifs is 1. The third kappa shape index (κ3) is 1.55. The lowest BCUT2D eigenvalue weighted by atomic mass is 10.3. The molecule has 0 bridgehead atoms. The van der Waals surface area contributed by atoms with Crippen LogP contribution in [0.25, 0.3) is 5.52 Å². The Balaban J connectivity index is 2.53. The fourth-order valence-corrected chi connectivity index (χ4v) is 1.43. The molecule has 0 aliphatic rings. The standard InChI is InChI=1S/C10H14N4/c1-7(2)12-10-9-6-8(3)13-14(9)5-4-11-10/h4-7H,1-3H3,(H,11,12). The van der Waals surface area contributed by atoms with Gasteiger partial charge in [0.1, 0.15) is 5.52 Å². The molecule has 2 rings (SSSR count). The van der Waals surface area contributed by atoms with Crippen molar-refractivity contribution < 1.29 is 0 Å². The molecule has 2 aromatic rings. The van der Waals surface area contributed by atoms with E-state index in [1.165, 1.54) is 0 Å². The summed E-state index contributed by atoms with van der Waals surface area (Å²) < 4.78 is 1.84. The maximum atomic E-state index is 4.32. The van der Waals surface area contributed by atoms with Gasteiger partial charge < -0.3 is 5.32 Å². The second-order valence-electron chi connectivity index (χ2n) is 3.69. The summed E-state index contributed by atoms with van der Waals surface area (Å²) in [5, 5.41) is 7.61. The largest absolute Gasteiger partial charge is 0.366 e. The van der Waals surface area contributed by atoms with Crippen LogP contribution in [0.1, 0.15) is 19.5 Å². The maximum absolute atomic E-state index is 4.32. The summed E-state index contributed by atoms with van der Waals surface area (Å²) >= 11 is 0. The van der Waals surface area contributed by atoms with Gasteiger partial charge in [0.05, 0.1) is 5.69 Å². The number of hydrogen-bond acceptors (Lipinski definition) is 3. The van der Waals surface area contributed by atoms with Gasteiger partial charge in [-0.15, -0.1) is 0 Å². The minimum Gasteiger partial charge on any atom is -0.366 e. The van der Waals surface area contributed by atoms with Gasteiger partial charge in [-0.3, -0.25) is 0 Å². The van der Waals surface area contributed by atoms with E-state index in [2.05, 4.69) is 29.2 Å². The van der Waals surface area contributed by atoms with E-state index < -0.39 is 0 Å². The average Bonchev–Trinajstić information content (AvgIpc) is 2.45. The van der Waals surface area contributed by atoms with E-state index in [9.17, 15) is 0 Å². The first-order valence-electron chi connectivity index (χ1n) is 4.74. The molecule has 0 fully saturated rings. The van der Waals surface area contributed by atoms with Crippen LogP contribution in [0.2, 0.25) is 0 Å². The number of nitrogens with zero attached hydrogens (tertiary/aromatic N) is 3. The van der Waals surface area contributed by atoms with Gasteiger partial charge in [0.25, 0.3) is 0 Å². The lowest BCUT2D eigenvalue weighted by molar-refractivity contribution is 0.876. The SMILES string of the molecule is Cc1cc2c(NC(C)C)nccn2n1. The first kappa shape index (κ1) is 8.99. The zero-order valence-corrected chi connectivity index (χ0v) is 8.65. The van der Waals surface area contributed by atoms with Crippen molar-refractivity contribution in [3.8, 4) is 0 Å². The Hall–Kier alpha value is -1.58. The van der Waals surface area contributed by atoms with E-state index in [-0.39, 0.29) is 0 Å². The molecule has 2 heterocycles. The van der Waals surface area contributed by atoms with Crippen LogP contribution in [0.4, 0.5) is 5.82 Å². The van der Waals surface area contributed by atoms with E-state index in [0.717, 1.165) is 17.0 Å². The van der Waals surface area contributed by atoms with Crippen LogP contribution in [0, 0.1) is 6.92 Å². The predicted molar refractivity (Wildman–Crippen MR) is 56.5 cm³/mol. The normalized spacial score (nSPS) is 11.1. The van der Waals surface area contributed by atoms with Crippen LogP contribution in [-0.4, -0.2) is 20.6 Å². The van der Waals surface area contributed by atoms with Gasteiger partial charge >= 0.3 is 0 Å². The van der Waals surface area contributed by atoms with Crippen molar-refractivity contribution in [1.82, 2.24) is 14.6 Å². The highest BCUT2D eigenvalue weighted by atomic mass is 15.2. The molecule has 0 radical (unpaired) electrons. The highest BCUT2D eigenvalue weighted by Gasteiger charge is 2.05. The van der Waals surface area contributed by atoms with Gasteiger partial charge in [-0.05, 0) is 26.8 Å². The van der Waals surface area contributed by atoms with E-state index in [1.807, 2.05) is 23.7 Å². The summed E-state index contributed by atoms with van der Waals surface area (Å²) in [6, 6.07) is 2.40. The molecule has 4 heteroatoms. The van der Waals surface area contributed by atoms with Crippen molar-refractivity contribution in [3.05, 3.63) is 24.2 Å². The highest BCUT2D eigenvalue weighted by Crippen LogP contribution is 2.15. The smallest absolute Gasteiger partial charge is 0.152 e. The van der Waals surface area contributed by atoms with Gasteiger partial charge in [0, 0.05) is 18.4 Å². The lowest BCUT2D eigenvalue weighted by Crippen LogP contribution is -2.11. The van der Waals surface area contributed by atoms with Crippen molar-refractivity contribution in [2.75, 3.05) is 5.32 Å². The number of hydrogen-bond donors (Lipinski definition) is 1. The molecule has 74 valence electrons. The van der Waals surface area contributed by atoms with Crippen molar-refractivity contribution in [2.45, 2.75) is 26.8 Å². The second-order valence-corrected chi connectivity index (χ2v) is 3.69. The number of aryl methyl sites for hydroxylation is 1. The molecular weight excluding hydrogens is 176 g/mol. The molecule has 0 saturated carbocycles. The molecule has 1 N–H and O–H groups in total. The molecule has 0 amide bonds. The number of aromatic nitrogens is 3. The third-order valence-corrected chi connectivity index (χ3v) is 1.94. The summed E-state index contributed by atoms with van der Waals surface area (Å²) in [4.78, 5) is 4.29. The van der Waals surface area contributed by atoms with Gasteiger partial charge in [0.15, 0.2) is 5.82 Å². The fourth-order valence-electron chi connectivity index (χ4n) is 1.43. The summed E-state index contributed by atoms with van der Waals surface area (Å²) in [5.41, 5.74) is 2.03. The first-order valence-corrected chi connectivity index (χ1v) is 4.74. The van der Waals surface area contributed by atoms with Crippen LogP contribution in [0.5, 0.6) is 0 Å². The van der Waals surface area contributed by atoms with Crippen LogP contribution in [0.15, 0.2) is 18.5 Å². The molecule has 0 atom stereocenters. The van der Waals surface area contributed by atoms with Crippen LogP contribution < -0.4 is 5.32 Å². The third-order valence-electron chi connectivity index (χ3n) is 1.94. The van der Waals surface area contributed by atoms with E-state index in [0.29, 0.717) is 6.04 Å². The predicted octanol–water partition coefficient (Wildman–Crippen LogP) is 1.86. The molecule has 14 heavy (non-hydrogen) atoms. The van der Waals surface area contributed by atoms with Gasteiger partial charge in [-0.25, -0.2) is 9.50 Å². The Morgan fingerprint density at radius 1 is 1.43 bits per heavy atom. The minimum absolute atomic E-state index is 0.379. The van der Waals surface area contributed by atoms with Crippen molar-refractivity contribution >= 4 is 11.3 Å². The topological polar surface area (TPSA) is 42.2 Å². The average molecular weight is 190 g/mol. The van der Waals surface area contributed by atoms with Crippen molar-refractivity contribution in [1.29, 1.82) is 0 Å². The van der Waals surface area contributed by atoms with Crippen molar-refractivity contribution in [3.63, 3.8) is 0 Å². The summed E-state index contributed by atoms with van der Waals surface area (Å²) in [5.74, 6) is 0.892. The molecule has 0 spiro atoms. The van der Waals surface area contributed by atoms with Crippen LogP contribution in [-0.2, 0) is 0 Å². The zero-order valence-electron chi connectivity index (χ0n) is 8.65. The van der Waals surface area contributed by atoms with Gasteiger partial charge in [-0.1, -0.05) is 0 Å². The molecule has 0 unspecified atom stereocenters. The molecule has 2 aromatic heterocycles. The summed E-state index contributed by atoms with van der Waals surface area (Å²) in [7, 11) is 0. The molecule has 4 nitrogen and oxygen atoms in total. The number of rotatable bonds is 2. The van der Waals surface area contributed by atoms with Gasteiger partial charge in [0.2, 0.25) is 0 Å². The molecule has 0 saturated heterocycles. The summed E-state index contributed by atoms with van der Waals surface area (Å²) in [6.07, 6.45) is 3.61. The highest BCUT2D eigenvalue weighted by molar-refractivity contribution is 5.67. The minimum atomic E-state index is 0.379. The molecule has 0 aliphatic carbocycles. The number of nitrogens with one attached hydrogen (secondary N) is 1. The van der Waals surface area contributed by atoms with E-state index in [1.54, 1.807) is 6.20 Å². The first-order chi connectivity index (χ1) is 6.66. The van der Waals surface area contributed by atoms with Crippen LogP contribution >= 0.6 is 0 Å². The zero-order chi connectivity index (χ0) is 10.1. The molecule has 0 aliphatic heterocycles. The van der Waals surface area contributed by atoms with Crippen LogP contribution in [0.3, 0.4) is 0 Å². The fraction of sp³-hybridized carbons (Fsp3) is 0.400. The summed E-state index contributed by atoms with van der Waals surface area (Å²) in [6.45, 7) is 6.16. The maximum Gasteiger partial charge on any atom is 0.152 e. The molecule has 0 aromatic carbocycles. The van der Waals surface area contributed by atoms with Crippen molar-refractivity contribution in [2.24, 2.45) is 0 Å². The monoisotopic (exact) mass is 190 g/mol. The Kier molecular flexibility index (Phi) is 2.11. The Morgan fingerprint density at radius 2 is 2.21 bits per heavy atom. The van der Waals surface area contributed by atoms with Gasteiger partial charge in [-0.2, -0.15) is 5.10 Å². The number of anilines is 1. The van der Waals surface area contributed by atoms with E-state index >= 15 is 0 Å². The van der Waals surface area contributed by atoms with E-state index in [4.69, 9.17) is 0 Å². The Morgan fingerprint density at radius 3 is 2.93 bits per heavy atom. The lowest BCUT2D eigenvalue weighted by Gasteiger charge is -2.09. The Labute approximate surface area is 83.0 Å². The Bertz CT molecular complexity index is 444. The quantitative estimate of drug-likeness (QED) is 0.786.